The van der Waals surface area contributed by atoms with Crippen LogP contribution in [0.4, 0.5) is 0 Å². The summed E-state index contributed by atoms with van der Waals surface area (Å²) in [5.41, 5.74) is 3.51. The molecule has 17 heavy (non-hydrogen) atoms. The molecule has 1 aromatic carbocycles. The van der Waals surface area contributed by atoms with E-state index in [-0.39, 0.29) is 0 Å². The molecule has 2 rings (SSSR count). The molecule has 3 N–H and O–H groups in total. The Morgan fingerprint density at radius 2 is 2.18 bits per heavy atom. The third-order valence-electron chi connectivity index (χ3n) is 2.86. The highest BCUT2D eigenvalue weighted by atomic mass is 14.9. The number of rotatable bonds is 7. The quantitative estimate of drug-likeness (QED) is 0.631. The van der Waals surface area contributed by atoms with Crippen LogP contribution in [0.15, 0.2) is 24.5 Å². The van der Waals surface area contributed by atoms with Crippen molar-refractivity contribution in [3.8, 4) is 0 Å². The predicted octanol–water partition coefficient (Wildman–Crippen LogP) is 1.30. The Balaban J connectivity index is 1.75. The molecule has 2 aromatic rings. The summed E-state index contributed by atoms with van der Waals surface area (Å²) in [7, 11) is 1.99. The third-order valence-corrected chi connectivity index (χ3v) is 2.86. The minimum Gasteiger partial charge on any atom is -0.345 e. The Kier molecular flexibility index (Phi) is 4.53. The van der Waals surface area contributed by atoms with Crippen LogP contribution in [0.1, 0.15) is 12.0 Å². The second-order valence-electron chi connectivity index (χ2n) is 4.21. The number of hydrogen-bond donors (Lipinski definition) is 3. The maximum atomic E-state index is 4.21. The average molecular weight is 232 g/mol. The van der Waals surface area contributed by atoms with Crippen molar-refractivity contribution in [2.24, 2.45) is 0 Å². The summed E-state index contributed by atoms with van der Waals surface area (Å²) in [6, 6.07) is 6.40. The smallest absolute Gasteiger partial charge is 0.0931 e. The first-order valence-corrected chi connectivity index (χ1v) is 6.17. The molecule has 4 nitrogen and oxygen atoms in total. The summed E-state index contributed by atoms with van der Waals surface area (Å²) in [5.74, 6) is 0. The van der Waals surface area contributed by atoms with Crippen LogP contribution in [0.25, 0.3) is 11.0 Å². The number of imidazole rings is 1. The first kappa shape index (κ1) is 12.1. The van der Waals surface area contributed by atoms with Gasteiger partial charge in [0.1, 0.15) is 0 Å². The molecule has 0 saturated carbocycles. The fourth-order valence-corrected chi connectivity index (χ4v) is 1.89. The molecule has 0 fully saturated rings. The molecule has 0 radical (unpaired) electrons. The standard InChI is InChI=1S/C13H20N4/c1-14-6-2-7-15-8-5-11-3-4-12-13(9-11)17-10-16-12/h3-4,9-10,14-15H,2,5-8H2,1H3,(H,16,17). The van der Waals surface area contributed by atoms with E-state index in [0.29, 0.717) is 0 Å². The molecule has 0 spiro atoms. The molecule has 0 saturated heterocycles. The first-order valence-electron chi connectivity index (χ1n) is 6.17. The summed E-state index contributed by atoms with van der Waals surface area (Å²) in [6.45, 7) is 3.18. The van der Waals surface area contributed by atoms with Crippen LogP contribution in [-0.4, -0.2) is 36.6 Å². The van der Waals surface area contributed by atoms with Crippen LogP contribution in [0.2, 0.25) is 0 Å². The van der Waals surface area contributed by atoms with Gasteiger partial charge in [-0.3, -0.25) is 0 Å². The van der Waals surface area contributed by atoms with Crippen molar-refractivity contribution in [2.75, 3.05) is 26.7 Å². The van der Waals surface area contributed by atoms with Gasteiger partial charge in [0, 0.05) is 0 Å². The number of hydrogen-bond acceptors (Lipinski definition) is 3. The summed E-state index contributed by atoms with van der Waals surface area (Å²) in [6.07, 6.45) is 3.98. The largest absolute Gasteiger partial charge is 0.345 e. The van der Waals surface area contributed by atoms with E-state index in [4.69, 9.17) is 0 Å². The van der Waals surface area contributed by atoms with Gasteiger partial charge < -0.3 is 15.6 Å². The molecule has 0 unspecified atom stereocenters. The van der Waals surface area contributed by atoms with Gasteiger partial charge >= 0.3 is 0 Å². The average Bonchev–Trinajstić information content (AvgIpc) is 2.81. The van der Waals surface area contributed by atoms with E-state index in [0.717, 1.165) is 37.1 Å². The molecule has 0 aliphatic carbocycles. The number of nitrogens with one attached hydrogen (secondary N) is 3. The zero-order valence-electron chi connectivity index (χ0n) is 10.3. The van der Waals surface area contributed by atoms with Crippen molar-refractivity contribution >= 4 is 11.0 Å². The van der Waals surface area contributed by atoms with Crippen molar-refractivity contribution in [1.29, 1.82) is 0 Å². The van der Waals surface area contributed by atoms with Gasteiger partial charge in [-0.1, -0.05) is 6.07 Å². The summed E-state index contributed by atoms with van der Waals surface area (Å²) < 4.78 is 0. The van der Waals surface area contributed by atoms with Gasteiger partial charge in [0.2, 0.25) is 0 Å². The monoisotopic (exact) mass is 232 g/mol. The lowest BCUT2D eigenvalue weighted by Gasteiger charge is -2.04. The Hall–Kier alpha value is -1.39. The number of aromatic amines is 1. The number of benzene rings is 1. The lowest BCUT2D eigenvalue weighted by atomic mass is 10.1. The fourth-order valence-electron chi connectivity index (χ4n) is 1.89. The van der Waals surface area contributed by atoms with E-state index in [1.54, 1.807) is 6.33 Å². The summed E-state index contributed by atoms with van der Waals surface area (Å²) in [4.78, 5) is 7.35. The van der Waals surface area contributed by atoms with E-state index in [9.17, 15) is 0 Å². The van der Waals surface area contributed by atoms with Crippen LogP contribution in [-0.2, 0) is 6.42 Å². The van der Waals surface area contributed by atoms with Gasteiger partial charge in [-0.2, -0.15) is 0 Å². The number of nitrogens with zero attached hydrogens (tertiary/aromatic N) is 1. The molecular formula is C13H20N4. The minimum absolute atomic E-state index is 1.03. The normalized spacial score (nSPS) is 11.1. The predicted molar refractivity (Wildman–Crippen MR) is 71.2 cm³/mol. The maximum Gasteiger partial charge on any atom is 0.0931 e. The minimum atomic E-state index is 1.03. The van der Waals surface area contributed by atoms with E-state index in [2.05, 4.69) is 38.8 Å². The highest BCUT2D eigenvalue weighted by Crippen LogP contribution is 2.11. The molecule has 1 aromatic heterocycles. The Morgan fingerprint density at radius 3 is 3.06 bits per heavy atom. The zero-order valence-corrected chi connectivity index (χ0v) is 10.3. The van der Waals surface area contributed by atoms with Crippen molar-refractivity contribution < 1.29 is 0 Å². The lowest BCUT2D eigenvalue weighted by Crippen LogP contribution is -2.21. The fraction of sp³-hybridized carbons (Fsp3) is 0.462. The number of H-pyrrole nitrogens is 1. The van der Waals surface area contributed by atoms with E-state index in [1.807, 2.05) is 7.05 Å². The SMILES string of the molecule is CNCCCNCCc1ccc2nc[nH]c2c1. The van der Waals surface area contributed by atoms with Crippen LogP contribution in [0.5, 0.6) is 0 Å². The highest BCUT2D eigenvalue weighted by molar-refractivity contribution is 5.74. The Morgan fingerprint density at radius 1 is 1.24 bits per heavy atom. The van der Waals surface area contributed by atoms with E-state index >= 15 is 0 Å². The van der Waals surface area contributed by atoms with Gasteiger partial charge in [-0.25, -0.2) is 4.98 Å². The molecule has 1 heterocycles. The van der Waals surface area contributed by atoms with Crippen LogP contribution < -0.4 is 10.6 Å². The zero-order chi connectivity index (χ0) is 11.9. The Bertz CT molecular complexity index is 449. The second kappa shape index (κ2) is 6.37. The van der Waals surface area contributed by atoms with Gasteiger partial charge in [-0.05, 0) is 57.2 Å². The van der Waals surface area contributed by atoms with Crippen LogP contribution in [0.3, 0.4) is 0 Å². The summed E-state index contributed by atoms with van der Waals surface area (Å²) in [5, 5.41) is 6.59. The van der Waals surface area contributed by atoms with Gasteiger partial charge in [0.25, 0.3) is 0 Å². The first-order chi connectivity index (χ1) is 8.40. The molecule has 0 amide bonds. The third kappa shape index (κ3) is 3.54. The Labute approximate surface area is 102 Å². The molecule has 92 valence electrons. The van der Waals surface area contributed by atoms with Gasteiger partial charge in [0.15, 0.2) is 0 Å². The van der Waals surface area contributed by atoms with Gasteiger partial charge in [-0.15, -0.1) is 0 Å². The van der Waals surface area contributed by atoms with Crippen LogP contribution >= 0.6 is 0 Å². The molecular weight excluding hydrogens is 212 g/mol. The molecule has 0 bridgehead atoms. The highest BCUT2D eigenvalue weighted by Gasteiger charge is 1.98. The van der Waals surface area contributed by atoms with Gasteiger partial charge in [0.05, 0.1) is 17.4 Å². The molecule has 4 heteroatoms. The molecule has 0 aliphatic rings. The van der Waals surface area contributed by atoms with Crippen molar-refractivity contribution in [2.45, 2.75) is 12.8 Å². The van der Waals surface area contributed by atoms with Crippen molar-refractivity contribution in [3.05, 3.63) is 30.1 Å². The number of fused-ring (bicyclic) bond motifs is 1. The molecule has 0 aliphatic heterocycles. The second-order valence-corrected chi connectivity index (χ2v) is 4.21. The summed E-state index contributed by atoms with van der Waals surface area (Å²) >= 11 is 0. The van der Waals surface area contributed by atoms with E-state index < -0.39 is 0 Å². The van der Waals surface area contributed by atoms with E-state index in [1.165, 1.54) is 12.0 Å². The topological polar surface area (TPSA) is 52.7 Å². The number of aromatic nitrogens is 2. The lowest BCUT2D eigenvalue weighted by molar-refractivity contribution is 0.625. The maximum absolute atomic E-state index is 4.21. The van der Waals surface area contributed by atoms with Crippen molar-refractivity contribution in [1.82, 2.24) is 20.6 Å². The molecule has 0 atom stereocenters. The van der Waals surface area contributed by atoms with Crippen molar-refractivity contribution in [3.63, 3.8) is 0 Å². The van der Waals surface area contributed by atoms with Crippen LogP contribution in [0, 0.1) is 0 Å².